The lowest BCUT2D eigenvalue weighted by atomic mass is 9.85. The van der Waals surface area contributed by atoms with Crippen LogP contribution in [-0.4, -0.2) is 33.0 Å². The molecule has 5 rings (SSSR count). The Morgan fingerprint density at radius 2 is 1.85 bits per heavy atom. The van der Waals surface area contributed by atoms with Crippen LogP contribution in [0, 0.1) is 6.92 Å². The fraction of sp³-hybridized carbons (Fsp3) is 0.250. The van der Waals surface area contributed by atoms with E-state index in [1.807, 2.05) is 48.3 Å². The number of benzene rings is 3. The molecule has 6 heteroatoms. The SMILES string of the molecule is Cc1cccc2c1CCN(C(=O)CCC(=O)Nc1ccc3cnn(C)c3c1)C2c1ccccc1. The Labute approximate surface area is 199 Å². The highest BCUT2D eigenvalue weighted by Crippen LogP contribution is 2.36. The fourth-order valence-corrected chi connectivity index (χ4v) is 4.92. The molecule has 172 valence electrons. The Morgan fingerprint density at radius 1 is 1.03 bits per heavy atom. The monoisotopic (exact) mass is 452 g/mol. The van der Waals surface area contributed by atoms with Gasteiger partial charge in [0, 0.05) is 37.5 Å². The van der Waals surface area contributed by atoms with Crippen LogP contribution in [0.15, 0.2) is 72.9 Å². The lowest BCUT2D eigenvalue weighted by molar-refractivity contribution is -0.134. The zero-order valence-corrected chi connectivity index (χ0v) is 19.5. The summed E-state index contributed by atoms with van der Waals surface area (Å²) in [6.45, 7) is 2.78. The Morgan fingerprint density at radius 3 is 2.68 bits per heavy atom. The lowest BCUT2D eigenvalue weighted by Crippen LogP contribution is -2.41. The second kappa shape index (κ2) is 9.14. The van der Waals surface area contributed by atoms with Crippen LogP contribution in [0.4, 0.5) is 5.69 Å². The van der Waals surface area contributed by atoms with E-state index in [9.17, 15) is 9.59 Å². The molecule has 2 heterocycles. The standard InChI is InChI=1S/C28H28N4O2/c1-19-7-6-10-24-23(19)15-16-32(28(24)20-8-4-3-5-9-20)27(34)14-13-26(33)30-22-12-11-21-18-29-31(2)25(21)17-22/h3-12,17-18,28H,13-16H2,1-2H3,(H,30,33). The van der Waals surface area contributed by atoms with Gasteiger partial charge in [-0.2, -0.15) is 5.10 Å². The van der Waals surface area contributed by atoms with Crippen LogP contribution < -0.4 is 5.32 Å². The van der Waals surface area contributed by atoms with Gasteiger partial charge in [0.15, 0.2) is 0 Å². The summed E-state index contributed by atoms with van der Waals surface area (Å²) in [5, 5.41) is 8.18. The number of hydrogen-bond acceptors (Lipinski definition) is 3. The predicted molar refractivity (Wildman–Crippen MR) is 133 cm³/mol. The highest BCUT2D eigenvalue weighted by Gasteiger charge is 2.32. The van der Waals surface area contributed by atoms with E-state index in [1.165, 1.54) is 16.7 Å². The lowest BCUT2D eigenvalue weighted by Gasteiger charge is -2.38. The largest absolute Gasteiger partial charge is 0.331 e. The Balaban J connectivity index is 1.31. The number of anilines is 1. The molecule has 3 aromatic carbocycles. The summed E-state index contributed by atoms with van der Waals surface area (Å²) in [7, 11) is 1.87. The molecule has 1 aliphatic rings. The number of aromatic nitrogens is 2. The Bertz CT molecular complexity index is 1360. The van der Waals surface area contributed by atoms with Crippen LogP contribution in [0.1, 0.15) is 41.1 Å². The zero-order valence-electron chi connectivity index (χ0n) is 19.5. The van der Waals surface area contributed by atoms with Gasteiger partial charge in [0.05, 0.1) is 17.8 Å². The van der Waals surface area contributed by atoms with Crippen LogP contribution in [0.2, 0.25) is 0 Å². The highest BCUT2D eigenvalue weighted by atomic mass is 16.2. The van der Waals surface area contributed by atoms with E-state index < -0.39 is 0 Å². The van der Waals surface area contributed by atoms with Gasteiger partial charge in [-0.15, -0.1) is 0 Å². The average molecular weight is 453 g/mol. The van der Waals surface area contributed by atoms with Gasteiger partial charge in [-0.25, -0.2) is 0 Å². The summed E-state index contributed by atoms with van der Waals surface area (Å²) in [6, 6.07) is 22.0. The van der Waals surface area contributed by atoms with E-state index in [0.717, 1.165) is 22.9 Å². The molecular weight excluding hydrogens is 424 g/mol. The molecule has 4 aromatic rings. The molecule has 6 nitrogen and oxygen atoms in total. The maximum Gasteiger partial charge on any atom is 0.224 e. The van der Waals surface area contributed by atoms with Gasteiger partial charge in [-0.05, 0) is 53.8 Å². The highest BCUT2D eigenvalue weighted by molar-refractivity contribution is 5.95. The minimum Gasteiger partial charge on any atom is -0.331 e. The minimum absolute atomic E-state index is 0.00162. The van der Waals surface area contributed by atoms with Crippen molar-refractivity contribution in [3.05, 3.63) is 95.2 Å². The number of rotatable bonds is 5. The quantitative estimate of drug-likeness (QED) is 0.474. The first kappa shape index (κ1) is 21.9. The summed E-state index contributed by atoms with van der Waals surface area (Å²) < 4.78 is 1.77. The van der Waals surface area contributed by atoms with Gasteiger partial charge in [-0.3, -0.25) is 14.3 Å². The first-order chi connectivity index (χ1) is 16.5. The van der Waals surface area contributed by atoms with Crippen LogP contribution in [0.3, 0.4) is 0 Å². The van der Waals surface area contributed by atoms with E-state index in [0.29, 0.717) is 12.2 Å². The molecule has 1 unspecified atom stereocenters. The topological polar surface area (TPSA) is 67.2 Å². The number of aryl methyl sites for hydroxylation is 2. The molecule has 0 bridgehead atoms. The van der Waals surface area contributed by atoms with E-state index >= 15 is 0 Å². The predicted octanol–water partition coefficient (Wildman–Crippen LogP) is 4.77. The maximum absolute atomic E-state index is 13.4. The summed E-state index contributed by atoms with van der Waals surface area (Å²) >= 11 is 0. The molecule has 0 aliphatic carbocycles. The van der Waals surface area contributed by atoms with Gasteiger partial charge < -0.3 is 10.2 Å². The Hall–Kier alpha value is -3.93. The molecule has 0 radical (unpaired) electrons. The fourth-order valence-electron chi connectivity index (χ4n) is 4.92. The van der Waals surface area contributed by atoms with Crippen LogP contribution in [-0.2, 0) is 23.1 Å². The smallest absolute Gasteiger partial charge is 0.224 e. The zero-order chi connectivity index (χ0) is 23.7. The summed E-state index contributed by atoms with van der Waals surface area (Å²) in [5.41, 5.74) is 6.51. The van der Waals surface area contributed by atoms with Gasteiger partial charge in [0.25, 0.3) is 0 Å². The van der Waals surface area contributed by atoms with Crippen molar-refractivity contribution in [2.75, 3.05) is 11.9 Å². The first-order valence-electron chi connectivity index (χ1n) is 11.7. The molecule has 2 amide bonds. The second-order valence-corrected chi connectivity index (χ2v) is 8.88. The summed E-state index contributed by atoms with van der Waals surface area (Å²) in [6.07, 6.45) is 2.93. The van der Waals surface area contributed by atoms with Gasteiger partial charge in [0.1, 0.15) is 0 Å². The summed E-state index contributed by atoms with van der Waals surface area (Å²) in [4.78, 5) is 27.9. The molecule has 0 spiro atoms. The van der Waals surface area contributed by atoms with E-state index in [-0.39, 0.29) is 30.7 Å². The molecule has 1 N–H and O–H groups in total. The second-order valence-electron chi connectivity index (χ2n) is 8.88. The van der Waals surface area contributed by atoms with Crippen LogP contribution >= 0.6 is 0 Å². The molecule has 0 fully saturated rings. The third kappa shape index (κ3) is 4.19. The van der Waals surface area contributed by atoms with Gasteiger partial charge in [0.2, 0.25) is 11.8 Å². The number of hydrogen-bond donors (Lipinski definition) is 1. The number of nitrogens with one attached hydrogen (secondary N) is 1. The number of amides is 2. The third-order valence-corrected chi connectivity index (χ3v) is 6.69. The van der Waals surface area contributed by atoms with Crippen LogP contribution in [0.25, 0.3) is 10.9 Å². The molecule has 1 atom stereocenters. The number of carbonyl (C=O) groups is 2. The molecule has 1 aliphatic heterocycles. The van der Waals surface area contributed by atoms with Crippen LogP contribution in [0.5, 0.6) is 0 Å². The van der Waals surface area contributed by atoms with Crippen molar-refractivity contribution in [1.82, 2.24) is 14.7 Å². The van der Waals surface area contributed by atoms with Crippen molar-refractivity contribution in [3.8, 4) is 0 Å². The summed E-state index contributed by atoms with van der Waals surface area (Å²) in [5.74, 6) is -0.169. The van der Waals surface area contributed by atoms with Crippen molar-refractivity contribution in [3.63, 3.8) is 0 Å². The van der Waals surface area contributed by atoms with Crippen molar-refractivity contribution in [2.24, 2.45) is 7.05 Å². The van der Waals surface area contributed by atoms with Crippen molar-refractivity contribution in [2.45, 2.75) is 32.2 Å². The molecule has 0 saturated carbocycles. The number of fused-ring (bicyclic) bond motifs is 2. The molecule has 34 heavy (non-hydrogen) atoms. The minimum atomic E-state index is -0.167. The Kier molecular flexibility index (Phi) is 5.88. The number of nitrogens with zero attached hydrogens (tertiary/aromatic N) is 3. The molecule has 1 aromatic heterocycles. The molecule has 0 saturated heterocycles. The van der Waals surface area contributed by atoms with Gasteiger partial charge in [-0.1, -0.05) is 48.5 Å². The number of carbonyl (C=O) groups excluding carboxylic acids is 2. The van der Waals surface area contributed by atoms with E-state index in [2.05, 4.69) is 47.7 Å². The van der Waals surface area contributed by atoms with E-state index in [1.54, 1.807) is 10.9 Å². The van der Waals surface area contributed by atoms with Crippen molar-refractivity contribution < 1.29 is 9.59 Å². The third-order valence-electron chi connectivity index (χ3n) is 6.69. The maximum atomic E-state index is 13.4. The average Bonchev–Trinajstić information content (AvgIpc) is 3.22. The first-order valence-corrected chi connectivity index (χ1v) is 11.7. The van der Waals surface area contributed by atoms with Crippen molar-refractivity contribution >= 4 is 28.4 Å². The normalized spacial score (nSPS) is 15.2. The molecular formula is C28H28N4O2. The van der Waals surface area contributed by atoms with E-state index in [4.69, 9.17) is 0 Å². The van der Waals surface area contributed by atoms with Crippen molar-refractivity contribution in [1.29, 1.82) is 0 Å². The van der Waals surface area contributed by atoms with Gasteiger partial charge >= 0.3 is 0 Å².